The van der Waals surface area contributed by atoms with Gasteiger partial charge < -0.3 is 20.1 Å². The number of hydrogen-bond donors (Lipinski definition) is 2. The van der Waals surface area contributed by atoms with E-state index in [2.05, 4.69) is 50.4 Å². The Balaban J connectivity index is 2.52. The average molecular weight is 459 g/mol. The Bertz CT molecular complexity index is 930. The van der Waals surface area contributed by atoms with E-state index in [9.17, 15) is 9.59 Å². The fraction of sp³-hybridized carbons (Fsp3) is 0.560. The van der Waals surface area contributed by atoms with Gasteiger partial charge in [-0.3, -0.25) is 14.3 Å². The van der Waals surface area contributed by atoms with Crippen molar-refractivity contribution in [1.29, 1.82) is 0 Å². The maximum absolute atomic E-state index is 13.2. The molecule has 1 aromatic heterocycles. The first kappa shape index (κ1) is 26.2. The highest BCUT2D eigenvalue weighted by Crippen LogP contribution is 2.40. The highest BCUT2D eigenvalue weighted by molar-refractivity contribution is 5.94. The monoisotopic (exact) mass is 458 g/mol. The van der Waals surface area contributed by atoms with Crippen LogP contribution in [0.4, 0.5) is 0 Å². The zero-order valence-electron chi connectivity index (χ0n) is 21.1. The Kier molecular flexibility index (Phi) is 9.32. The summed E-state index contributed by atoms with van der Waals surface area (Å²) in [4.78, 5) is 25.2. The van der Waals surface area contributed by atoms with E-state index in [1.165, 1.54) is 0 Å². The molecule has 0 spiro atoms. The van der Waals surface area contributed by atoms with Crippen LogP contribution in [0.25, 0.3) is 11.3 Å². The first-order valence-electron chi connectivity index (χ1n) is 11.4. The number of ether oxygens (including phenoxy) is 2. The minimum absolute atomic E-state index is 0.0218. The molecule has 2 aromatic rings. The molecule has 0 aliphatic heterocycles. The SMILES string of the molecule is CNC(=O)C[C@H](CC(C)C)NC(=O)c1cc(-c2c(OC)cccc2OC)n(C(C)C(C)C)n1. The van der Waals surface area contributed by atoms with Crippen LogP contribution in [0.5, 0.6) is 11.5 Å². The Morgan fingerprint density at radius 2 is 1.67 bits per heavy atom. The Hall–Kier alpha value is -3.03. The molecule has 0 saturated heterocycles. The van der Waals surface area contributed by atoms with Gasteiger partial charge in [-0.15, -0.1) is 0 Å². The summed E-state index contributed by atoms with van der Waals surface area (Å²) >= 11 is 0. The van der Waals surface area contributed by atoms with Crippen molar-refractivity contribution in [3.63, 3.8) is 0 Å². The fourth-order valence-electron chi connectivity index (χ4n) is 3.74. The molecule has 2 rings (SSSR count). The van der Waals surface area contributed by atoms with Gasteiger partial charge in [-0.2, -0.15) is 5.10 Å². The van der Waals surface area contributed by atoms with Crippen LogP contribution >= 0.6 is 0 Å². The number of aromatic nitrogens is 2. The molecule has 0 radical (unpaired) electrons. The summed E-state index contributed by atoms with van der Waals surface area (Å²) in [5.41, 5.74) is 1.77. The third-order valence-electron chi connectivity index (χ3n) is 5.80. The molecule has 33 heavy (non-hydrogen) atoms. The zero-order chi connectivity index (χ0) is 24.7. The van der Waals surface area contributed by atoms with E-state index in [0.29, 0.717) is 23.8 Å². The Labute approximate surface area is 197 Å². The summed E-state index contributed by atoms with van der Waals surface area (Å²) < 4.78 is 13.1. The van der Waals surface area contributed by atoms with Crippen molar-refractivity contribution in [1.82, 2.24) is 20.4 Å². The number of amides is 2. The molecule has 2 atom stereocenters. The van der Waals surface area contributed by atoms with Gasteiger partial charge in [-0.1, -0.05) is 33.8 Å². The summed E-state index contributed by atoms with van der Waals surface area (Å²) in [6.45, 7) is 10.4. The van der Waals surface area contributed by atoms with Gasteiger partial charge >= 0.3 is 0 Å². The van der Waals surface area contributed by atoms with E-state index in [4.69, 9.17) is 9.47 Å². The molecule has 1 aromatic carbocycles. The first-order valence-corrected chi connectivity index (χ1v) is 11.4. The van der Waals surface area contributed by atoms with E-state index >= 15 is 0 Å². The van der Waals surface area contributed by atoms with Crippen molar-refractivity contribution in [2.45, 2.75) is 59.5 Å². The number of nitrogens with zero attached hydrogens (tertiary/aromatic N) is 2. The van der Waals surface area contributed by atoms with E-state index in [1.54, 1.807) is 27.3 Å². The number of nitrogens with one attached hydrogen (secondary N) is 2. The molecule has 1 heterocycles. The van der Waals surface area contributed by atoms with Gasteiger partial charge in [-0.05, 0) is 43.4 Å². The Morgan fingerprint density at radius 1 is 1.06 bits per heavy atom. The van der Waals surface area contributed by atoms with Crippen LogP contribution in [0, 0.1) is 11.8 Å². The van der Waals surface area contributed by atoms with Gasteiger partial charge in [0.05, 0.1) is 31.5 Å². The number of methoxy groups -OCH3 is 2. The van der Waals surface area contributed by atoms with Crippen LogP contribution < -0.4 is 20.1 Å². The maximum atomic E-state index is 13.2. The smallest absolute Gasteiger partial charge is 0.272 e. The number of carbonyl (C=O) groups excluding carboxylic acids is 2. The zero-order valence-corrected chi connectivity index (χ0v) is 21.1. The van der Waals surface area contributed by atoms with Crippen LogP contribution in [-0.4, -0.2) is 48.9 Å². The standard InChI is InChI=1S/C25H38N4O4/c1-15(2)12-18(13-23(30)26-6)27-25(31)19-14-20(29(28-19)17(5)16(3)4)24-21(32-7)10-9-11-22(24)33-8/h9-11,14-18H,12-13H2,1-8H3,(H,26,30)(H,27,31)/t17?,18-/m0/s1. The van der Waals surface area contributed by atoms with Gasteiger partial charge in [0.1, 0.15) is 11.5 Å². The molecule has 182 valence electrons. The summed E-state index contributed by atoms with van der Waals surface area (Å²) in [7, 11) is 4.81. The van der Waals surface area contributed by atoms with Gasteiger partial charge in [0.2, 0.25) is 5.91 Å². The van der Waals surface area contributed by atoms with E-state index in [0.717, 1.165) is 11.3 Å². The summed E-state index contributed by atoms with van der Waals surface area (Å²) in [6.07, 6.45) is 0.909. The molecular formula is C25H38N4O4. The van der Waals surface area contributed by atoms with Crippen LogP contribution in [-0.2, 0) is 4.79 Å². The lowest BCUT2D eigenvalue weighted by Gasteiger charge is -2.21. The Morgan fingerprint density at radius 3 is 2.15 bits per heavy atom. The predicted molar refractivity (Wildman–Crippen MR) is 130 cm³/mol. The van der Waals surface area contributed by atoms with Gasteiger partial charge in [0, 0.05) is 19.5 Å². The van der Waals surface area contributed by atoms with Crippen LogP contribution in [0.15, 0.2) is 24.3 Å². The summed E-state index contributed by atoms with van der Waals surface area (Å²) in [5, 5.41) is 10.3. The van der Waals surface area contributed by atoms with E-state index in [-0.39, 0.29) is 41.9 Å². The average Bonchev–Trinajstić information content (AvgIpc) is 3.22. The summed E-state index contributed by atoms with van der Waals surface area (Å²) in [5.74, 6) is 1.45. The number of benzene rings is 1. The second-order valence-electron chi connectivity index (χ2n) is 9.06. The molecule has 0 aliphatic carbocycles. The third kappa shape index (κ3) is 6.49. The van der Waals surface area contributed by atoms with Crippen molar-refractivity contribution in [3.8, 4) is 22.8 Å². The number of rotatable bonds is 11. The lowest BCUT2D eigenvalue weighted by molar-refractivity contribution is -0.121. The molecule has 0 fully saturated rings. The second-order valence-corrected chi connectivity index (χ2v) is 9.06. The minimum Gasteiger partial charge on any atom is -0.496 e. The van der Waals surface area contributed by atoms with Gasteiger partial charge in [0.15, 0.2) is 5.69 Å². The highest BCUT2D eigenvalue weighted by Gasteiger charge is 2.26. The molecule has 0 saturated carbocycles. The lowest BCUT2D eigenvalue weighted by Crippen LogP contribution is -2.39. The van der Waals surface area contributed by atoms with Crippen LogP contribution in [0.2, 0.25) is 0 Å². The molecule has 1 unspecified atom stereocenters. The summed E-state index contributed by atoms with van der Waals surface area (Å²) in [6, 6.07) is 7.08. The normalized spacial score (nSPS) is 13.0. The number of carbonyl (C=O) groups is 2. The molecule has 2 amide bonds. The third-order valence-corrected chi connectivity index (χ3v) is 5.80. The molecular weight excluding hydrogens is 420 g/mol. The van der Waals surface area contributed by atoms with Crippen molar-refractivity contribution >= 4 is 11.8 Å². The molecule has 0 aliphatic rings. The molecule has 8 nitrogen and oxygen atoms in total. The maximum Gasteiger partial charge on any atom is 0.272 e. The van der Waals surface area contributed by atoms with Crippen molar-refractivity contribution in [2.24, 2.45) is 11.8 Å². The molecule has 0 bridgehead atoms. The van der Waals surface area contributed by atoms with Crippen molar-refractivity contribution in [2.75, 3.05) is 21.3 Å². The largest absolute Gasteiger partial charge is 0.496 e. The van der Waals surface area contributed by atoms with E-state index < -0.39 is 0 Å². The van der Waals surface area contributed by atoms with Crippen LogP contribution in [0.3, 0.4) is 0 Å². The van der Waals surface area contributed by atoms with Crippen LogP contribution in [0.1, 0.15) is 64.0 Å². The van der Waals surface area contributed by atoms with Gasteiger partial charge in [0.25, 0.3) is 5.91 Å². The molecule has 8 heteroatoms. The fourth-order valence-corrected chi connectivity index (χ4v) is 3.74. The quantitative estimate of drug-likeness (QED) is 0.529. The number of hydrogen-bond acceptors (Lipinski definition) is 5. The predicted octanol–water partition coefficient (Wildman–Crippen LogP) is 4.06. The van der Waals surface area contributed by atoms with Crippen molar-refractivity contribution < 1.29 is 19.1 Å². The van der Waals surface area contributed by atoms with E-state index in [1.807, 2.05) is 22.9 Å². The first-order chi connectivity index (χ1) is 15.6. The second kappa shape index (κ2) is 11.7. The van der Waals surface area contributed by atoms with Gasteiger partial charge in [-0.25, -0.2) is 0 Å². The minimum atomic E-state index is -0.311. The van der Waals surface area contributed by atoms with Crippen molar-refractivity contribution in [3.05, 3.63) is 30.0 Å². The molecule has 2 N–H and O–H groups in total. The highest BCUT2D eigenvalue weighted by atomic mass is 16.5. The topological polar surface area (TPSA) is 94.5 Å². The lowest BCUT2D eigenvalue weighted by atomic mass is 10.0.